The third-order valence-corrected chi connectivity index (χ3v) is 3.31. The summed E-state index contributed by atoms with van der Waals surface area (Å²) in [6.07, 6.45) is 1.47. The average molecular weight is 307 g/mol. The van der Waals surface area contributed by atoms with Crippen LogP contribution in [0.4, 0.5) is 0 Å². The monoisotopic (exact) mass is 307 g/mol. The standard InChI is InChI=1S/C17H13N3O3/c21-15-12-8-4-5-9-13(12)16(22)19-14(15)17(23)20-18-10-11-6-2-1-3-7-11/h1-10,21H,(H,19,22)(H,20,23)/b18-10-. The number of carbonyl (C=O) groups excluding carboxylic acids is 1. The highest BCUT2D eigenvalue weighted by Crippen LogP contribution is 2.24. The Morgan fingerprint density at radius 1 is 1.04 bits per heavy atom. The zero-order valence-corrected chi connectivity index (χ0v) is 12.0. The number of hydrazone groups is 1. The fourth-order valence-corrected chi connectivity index (χ4v) is 2.19. The molecule has 2 aromatic carbocycles. The lowest BCUT2D eigenvalue weighted by molar-refractivity contribution is 0.0947. The van der Waals surface area contributed by atoms with Crippen molar-refractivity contribution < 1.29 is 9.90 Å². The van der Waals surface area contributed by atoms with Gasteiger partial charge in [0.25, 0.3) is 11.5 Å². The largest absolute Gasteiger partial charge is 0.505 e. The lowest BCUT2D eigenvalue weighted by Gasteiger charge is -2.06. The van der Waals surface area contributed by atoms with E-state index in [1.165, 1.54) is 6.21 Å². The summed E-state index contributed by atoms with van der Waals surface area (Å²) in [5.74, 6) is -0.981. The number of rotatable bonds is 3. The summed E-state index contributed by atoms with van der Waals surface area (Å²) in [6, 6.07) is 15.7. The number of pyridine rings is 1. The van der Waals surface area contributed by atoms with Crippen LogP contribution in [0.15, 0.2) is 64.5 Å². The number of hydrogen-bond acceptors (Lipinski definition) is 4. The Morgan fingerprint density at radius 2 is 1.70 bits per heavy atom. The quantitative estimate of drug-likeness (QED) is 0.510. The molecule has 0 aliphatic rings. The van der Waals surface area contributed by atoms with Crippen molar-refractivity contribution in [2.45, 2.75) is 0 Å². The Labute approximate surface area is 131 Å². The molecule has 3 N–H and O–H groups in total. The molecule has 0 spiro atoms. The van der Waals surface area contributed by atoms with Crippen molar-refractivity contribution in [1.82, 2.24) is 10.4 Å². The molecule has 6 nitrogen and oxygen atoms in total. The number of amides is 1. The number of nitrogens with one attached hydrogen (secondary N) is 2. The van der Waals surface area contributed by atoms with Crippen molar-refractivity contribution in [3.63, 3.8) is 0 Å². The number of hydrogen-bond donors (Lipinski definition) is 3. The van der Waals surface area contributed by atoms with Crippen LogP contribution in [-0.2, 0) is 0 Å². The Balaban J connectivity index is 1.88. The van der Waals surface area contributed by atoms with E-state index >= 15 is 0 Å². The van der Waals surface area contributed by atoms with Crippen molar-refractivity contribution in [2.75, 3.05) is 0 Å². The highest BCUT2D eigenvalue weighted by Gasteiger charge is 2.16. The van der Waals surface area contributed by atoms with Crippen molar-refractivity contribution in [1.29, 1.82) is 0 Å². The molecule has 0 aliphatic carbocycles. The highest BCUT2D eigenvalue weighted by atomic mass is 16.3. The summed E-state index contributed by atoms with van der Waals surface area (Å²) in [4.78, 5) is 26.4. The number of fused-ring (bicyclic) bond motifs is 1. The lowest BCUT2D eigenvalue weighted by Crippen LogP contribution is -2.22. The summed E-state index contributed by atoms with van der Waals surface area (Å²) in [7, 11) is 0. The number of aromatic hydroxyl groups is 1. The second kappa shape index (κ2) is 6.15. The van der Waals surface area contributed by atoms with Gasteiger partial charge in [0, 0.05) is 5.39 Å². The van der Waals surface area contributed by atoms with Crippen LogP contribution in [0, 0.1) is 0 Å². The van der Waals surface area contributed by atoms with Crippen molar-refractivity contribution in [3.8, 4) is 5.75 Å². The summed E-state index contributed by atoms with van der Waals surface area (Å²) in [6.45, 7) is 0. The zero-order valence-electron chi connectivity index (χ0n) is 12.0. The normalized spacial score (nSPS) is 11.0. The van der Waals surface area contributed by atoms with E-state index < -0.39 is 11.5 Å². The van der Waals surface area contributed by atoms with Gasteiger partial charge in [0.2, 0.25) is 0 Å². The fraction of sp³-hybridized carbons (Fsp3) is 0. The Hall–Kier alpha value is -3.41. The summed E-state index contributed by atoms with van der Waals surface area (Å²) >= 11 is 0. The molecule has 0 saturated carbocycles. The summed E-state index contributed by atoms with van der Waals surface area (Å²) < 4.78 is 0. The Morgan fingerprint density at radius 3 is 2.43 bits per heavy atom. The minimum absolute atomic E-state index is 0.223. The Kier molecular flexibility index (Phi) is 3.88. The van der Waals surface area contributed by atoms with E-state index in [1.807, 2.05) is 30.3 Å². The van der Waals surface area contributed by atoms with E-state index in [2.05, 4.69) is 15.5 Å². The van der Waals surface area contributed by atoms with Crippen LogP contribution in [0.1, 0.15) is 16.1 Å². The maximum atomic E-state index is 12.1. The molecule has 0 radical (unpaired) electrons. The number of benzene rings is 2. The number of aromatic nitrogens is 1. The fourth-order valence-electron chi connectivity index (χ4n) is 2.19. The van der Waals surface area contributed by atoms with Gasteiger partial charge in [-0.1, -0.05) is 48.5 Å². The molecule has 0 unspecified atom stereocenters. The topological polar surface area (TPSA) is 94.5 Å². The predicted molar refractivity (Wildman–Crippen MR) is 87.7 cm³/mol. The van der Waals surface area contributed by atoms with Gasteiger partial charge in [-0.3, -0.25) is 9.59 Å². The van der Waals surface area contributed by atoms with Gasteiger partial charge in [-0.2, -0.15) is 5.10 Å². The van der Waals surface area contributed by atoms with Crippen LogP contribution in [-0.4, -0.2) is 22.2 Å². The van der Waals surface area contributed by atoms with Crippen LogP contribution in [0.3, 0.4) is 0 Å². The van der Waals surface area contributed by atoms with Crippen LogP contribution in [0.25, 0.3) is 10.8 Å². The van der Waals surface area contributed by atoms with Crippen molar-refractivity contribution in [2.24, 2.45) is 5.10 Å². The third-order valence-electron chi connectivity index (χ3n) is 3.31. The second-order valence-corrected chi connectivity index (χ2v) is 4.83. The predicted octanol–water partition coefficient (Wildman–Crippen LogP) is 2.00. The van der Waals surface area contributed by atoms with Gasteiger partial charge in [0.1, 0.15) is 0 Å². The molecule has 0 saturated heterocycles. The van der Waals surface area contributed by atoms with E-state index in [-0.39, 0.29) is 11.4 Å². The molecule has 1 amide bonds. The van der Waals surface area contributed by atoms with E-state index in [1.54, 1.807) is 24.3 Å². The van der Waals surface area contributed by atoms with Gasteiger partial charge < -0.3 is 10.1 Å². The van der Waals surface area contributed by atoms with E-state index in [0.717, 1.165) is 5.56 Å². The number of aromatic amines is 1. The lowest BCUT2D eigenvalue weighted by atomic mass is 10.1. The van der Waals surface area contributed by atoms with Gasteiger partial charge in [0.15, 0.2) is 11.4 Å². The molecular formula is C17H13N3O3. The molecule has 0 aliphatic heterocycles. The first-order valence-electron chi connectivity index (χ1n) is 6.89. The van der Waals surface area contributed by atoms with Gasteiger partial charge >= 0.3 is 0 Å². The first kappa shape index (κ1) is 14.5. The molecule has 6 heteroatoms. The van der Waals surface area contributed by atoms with Gasteiger partial charge in [-0.05, 0) is 11.6 Å². The molecule has 0 bridgehead atoms. The zero-order chi connectivity index (χ0) is 16.2. The molecule has 114 valence electrons. The summed E-state index contributed by atoms with van der Waals surface area (Å²) in [5.41, 5.74) is 2.42. The molecule has 1 aromatic heterocycles. The highest BCUT2D eigenvalue weighted by molar-refractivity contribution is 6.01. The minimum atomic E-state index is -0.697. The molecule has 3 rings (SSSR count). The van der Waals surface area contributed by atoms with Crippen molar-refractivity contribution in [3.05, 3.63) is 76.2 Å². The maximum absolute atomic E-state index is 12.1. The molecule has 0 atom stereocenters. The number of carbonyl (C=O) groups is 1. The number of H-pyrrole nitrogens is 1. The Bertz CT molecular complexity index is 946. The third kappa shape index (κ3) is 2.96. The molecule has 23 heavy (non-hydrogen) atoms. The SMILES string of the molecule is O=C(N/N=C\c1ccccc1)c1[nH]c(=O)c2ccccc2c1O. The van der Waals surface area contributed by atoms with E-state index in [9.17, 15) is 14.7 Å². The van der Waals surface area contributed by atoms with Gasteiger partial charge in [-0.15, -0.1) is 0 Å². The molecular weight excluding hydrogens is 294 g/mol. The first-order chi connectivity index (χ1) is 11.2. The smallest absolute Gasteiger partial charge is 0.291 e. The van der Waals surface area contributed by atoms with Crippen LogP contribution in [0.5, 0.6) is 5.75 Å². The molecule has 3 aromatic rings. The second-order valence-electron chi connectivity index (χ2n) is 4.83. The number of nitrogens with zero attached hydrogens (tertiary/aromatic N) is 1. The van der Waals surface area contributed by atoms with Crippen LogP contribution >= 0.6 is 0 Å². The van der Waals surface area contributed by atoms with Crippen molar-refractivity contribution >= 4 is 22.9 Å². The molecule has 0 fully saturated rings. The van der Waals surface area contributed by atoms with E-state index in [4.69, 9.17) is 0 Å². The first-order valence-corrected chi connectivity index (χ1v) is 6.89. The van der Waals surface area contributed by atoms with E-state index in [0.29, 0.717) is 10.8 Å². The minimum Gasteiger partial charge on any atom is -0.505 e. The van der Waals surface area contributed by atoms with Crippen LogP contribution in [0.2, 0.25) is 0 Å². The molecule has 1 heterocycles. The summed E-state index contributed by atoms with van der Waals surface area (Å²) in [5, 5.41) is 14.6. The average Bonchev–Trinajstić information content (AvgIpc) is 2.59. The van der Waals surface area contributed by atoms with Gasteiger partial charge in [-0.25, -0.2) is 5.43 Å². The maximum Gasteiger partial charge on any atom is 0.291 e. The van der Waals surface area contributed by atoms with Crippen LogP contribution < -0.4 is 11.0 Å². The van der Waals surface area contributed by atoms with Gasteiger partial charge in [0.05, 0.1) is 11.6 Å².